The first-order valence-electron chi connectivity index (χ1n) is 3.39. The summed E-state index contributed by atoms with van der Waals surface area (Å²) in [7, 11) is 0. The molecule has 0 unspecified atom stereocenters. The molecule has 2 heteroatoms. The fourth-order valence-corrected chi connectivity index (χ4v) is 0.881. The van der Waals surface area contributed by atoms with Gasteiger partial charge in [0.05, 0.1) is 0 Å². The van der Waals surface area contributed by atoms with Crippen LogP contribution < -0.4 is 5.32 Å². The Balaban J connectivity index is 2.66. The summed E-state index contributed by atoms with van der Waals surface area (Å²) in [6.07, 6.45) is 9.93. The van der Waals surface area contributed by atoms with E-state index in [0.717, 1.165) is 5.82 Å². The van der Waals surface area contributed by atoms with E-state index in [2.05, 4.69) is 5.32 Å². The molecule has 0 aromatic carbocycles. The molecule has 1 aliphatic rings. The van der Waals surface area contributed by atoms with Crippen molar-refractivity contribution in [2.45, 2.75) is 13.8 Å². The van der Waals surface area contributed by atoms with E-state index in [4.69, 9.17) is 0 Å². The predicted molar refractivity (Wildman–Crippen MR) is 42.7 cm³/mol. The van der Waals surface area contributed by atoms with E-state index in [1.54, 1.807) is 0 Å². The van der Waals surface area contributed by atoms with Crippen LogP contribution in [0.2, 0.25) is 0 Å². The van der Waals surface area contributed by atoms with Gasteiger partial charge in [-0.2, -0.15) is 0 Å². The summed E-state index contributed by atoms with van der Waals surface area (Å²) in [4.78, 5) is 2.03. The van der Waals surface area contributed by atoms with Gasteiger partial charge in [0, 0.05) is 18.6 Å². The van der Waals surface area contributed by atoms with Crippen molar-refractivity contribution in [2.75, 3.05) is 0 Å². The standard InChI is InChI=1S/C8H12N2/c1-3-6-10-7-5-9-8(10)4-2/h3-7,9H,1-2H3/b6-3-,8-4-. The highest BCUT2D eigenvalue weighted by atomic mass is 15.3. The Bertz CT molecular complexity index is 189. The van der Waals surface area contributed by atoms with Gasteiger partial charge in [0.1, 0.15) is 5.82 Å². The first-order chi connectivity index (χ1) is 4.88. The van der Waals surface area contributed by atoms with E-state index in [9.17, 15) is 0 Å². The minimum absolute atomic E-state index is 1.11. The summed E-state index contributed by atoms with van der Waals surface area (Å²) in [6, 6.07) is 0. The van der Waals surface area contributed by atoms with Crippen LogP contribution in [0.5, 0.6) is 0 Å². The summed E-state index contributed by atoms with van der Waals surface area (Å²) >= 11 is 0. The van der Waals surface area contributed by atoms with Crippen LogP contribution in [0.3, 0.4) is 0 Å². The molecule has 0 saturated carbocycles. The van der Waals surface area contributed by atoms with E-state index in [1.807, 2.05) is 49.5 Å². The normalized spacial score (nSPS) is 21.0. The van der Waals surface area contributed by atoms with Gasteiger partial charge in [-0.1, -0.05) is 6.08 Å². The van der Waals surface area contributed by atoms with Crippen LogP contribution in [0.15, 0.2) is 36.6 Å². The molecule has 1 heterocycles. The molecule has 0 amide bonds. The smallest absolute Gasteiger partial charge is 0.109 e. The highest BCUT2D eigenvalue weighted by Gasteiger charge is 2.04. The number of allylic oxidation sites excluding steroid dienone is 2. The average Bonchev–Trinajstić information content (AvgIpc) is 2.36. The molecule has 0 saturated heterocycles. The Morgan fingerprint density at radius 1 is 1.50 bits per heavy atom. The van der Waals surface area contributed by atoms with Crippen molar-refractivity contribution < 1.29 is 0 Å². The van der Waals surface area contributed by atoms with Gasteiger partial charge in [-0.15, -0.1) is 0 Å². The van der Waals surface area contributed by atoms with Crippen LogP contribution in [0.4, 0.5) is 0 Å². The molecule has 0 aromatic rings. The van der Waals surface area contributed by atoms with Crippen molar-refractivity contribution in [2.24, 2.45) is 0 Å². The zero-order valence-corrected chi connectivity index (χ0v) is 6.33. The number of hydrogen-bond donors (Lipinski definition) is 1. The molecule has 0 aromatic heterocycles. The molecular formula is C8H12N2. The quantitative estimate of drug-likeness (QED) is 0.591. The van der Waals surface area contributed by atoms with Crippen molar-refractivity contribution >= 4 is 0 Å². The van der Waals surface area contributed by atoms with Crippen molar-refractivity contribution in [3.05, 3.63) is 36.6 Å². The zero-order chi connectivity index (χ0) is 7.40. The molecule has 0 aliphatic carbocycles. The molecule has 1 N–H and O–H groups in total. The van der Waals surface area contributed by atoms with Gasteiger partial charge in [0.25, 0.3) is 0 Å². The Morgan fingerprint density at radius 2 is 2.30 bits per heavy atom. The second-order valence-electron chi connectivity index (χ2n) is 2.02. The van der Waals surface area contributed by atoms with E-state index in [-0.39, 0.29) is 0 Å². The Kier molecular flexibility index (Phi) is 2.15. The molecule has 0 fully saturated rings. The Labute approximate surface area is 61.5 Å². The zero-order valence-electron chi connectivity index (χ0n) is 6.33. The van der Waals surface area contributed by atoms with Crippen LogP contribution in [0.1, 0.15) is 13.8 Å². The maximum absolute atomic E-state index is 3.10. The molecule has 0 atom stereocenters. The minimum atomic E-state index is 1.11. The van der Waals surface area contributed by atoms with Crippen molar-refractivity contribution in [1.29, 1.82) is 0 Å². The summed E-state index contributed by atoms with van der Waals surface area (Å²) in [5, 5.41) is 3.10. The lowest BCUT2D eigenvalue weighted by molar-refractivity contribution is 0.625. The van der Waals surface area contributed by atoms with Crippen LogP contribution in [0, 0.1) is 0 Å². The maximum atomic E-state index is 3.10. The number of nitrogens with zero attached hydrogens (tertiary/aromatic N) is 1. The maximum Gasteiger partial charge on any atom is 0.109 e. The lowest BCUT2D eigenvalue weighted by Gasteiger charge is -2.10. The number of nitrogens with one attached hydrogen (secondary N) is 1. The summed E-state index contributed by atoms with van der Waals surface area (Å²) in [6.45, 7) is 4.01. The number of rotatable bonds is 1. The highest BCUT2D eigenvalue weighted by Crippen LogP contribution is 2.07. The van der Waals surface area contributed by atoms with Crippen LogP contribution in [-0.2, 0) is 0 Å². The molecule has 54 valence electrons. The van der Waals surface area contributed by atoms with Gasteiger partial charge in [0.15, 0.2) is 0 Å². The Morgan fingerprint density at radius 3 is 2.90 bits per heavy atom. The molecule has 2 nitrogen and oxygen atoms in total. The SMILES string of the molecule is C/C=C\N1C=CN/C1=C/C. The topological polar surface area (TPSA) is 15.3 Å². The molecule has 10 heavy (non-hydrogen) atoms. The van der Waals surface area contributed by atoms with Crippen molar-refractivity contribution in [3.8, 4) is 0 Å². The van der Waals surface area contributed by atoms with Crippen LogP contribution in [0.25, 0.3) is 0 Å². The first kappa shape index (κ1) is 6.93. The summed E-state index contributed by atoms with van der Waals surface area (Å²) in [5.74, 6) is 1.11. The lowest BCUT2D eigenvalue weighted by atomic mass is 10.5. The predicted octanol–water partition coefficient (Wildman–Crippen LogP) is 1.76. The molecular weight excluding hydrogens is 124 g/mol. The van der Waals surface area contributed by atoms with Crippen molar-refractivity contribution in [3.63, 3.8) is 0 Å². The molecule has 0 radical (unpaired) electrons. The van der Waals surface area contributed by atoms with Gasteiger partial charge in [-0.25, -0.2) is 0 Å². The van der Waals surface area contributed by atoms with Crippen molar-refractivity contribution in [1.82, 2.24) is 10.2 Å². The van der Waals surface area contributed by atoms with Gasteiger partial charge >= 0.3 is 0 Å². The van der Waals surface area contributed by atoms with Gasteiger partial charge in [-0.3, -0.25) is 0 Å². The Hall–Kier alpha value is -1.18. The third kappa shape index (κ3) is 1.21. The second-order valence-corrected chi connectivity index (χ2v) is 2.02. The molecule has 1 aliphatic heterocycles. The molecule has 0 bridgehead atoms. The third-order valence-corrected chi connectivity index (χ3v) is 1.33. The van der Waals surface area contributed by atoms with Gasteiger partial charge in [0.2, 0.25) is 0 Å². The average molecular weight is 136 g/mol. The molecule has 0 spiro atoms. The fraction of sp³-hybridized carbons (Fsp3) is 0.250. The van der Waals surface area contributed by atoms with E-state index >= 15 is 0 Å². The third-order valence-electron chi connectivity index (χ3n) is 1.33. The first-order valence-corrected chi connectivity index (χ1v) is 3.39. The lowest BCUT2D eigenvalue weighted by Crippen LogP contribution is -2.11. The van der Waals surface area contributed by atoms with E-state index in [0.29, 0.717) is 0 Å². The second kappa shape index (κ2) is 3.11. The summed E-state index contributed by atoms with van der Waals surface area (Å²) < 4.78 is 0. The van der Waals surface area contributed by atoms with E-state index < -0.39 is 0 Å². The van der Waals surface area contributed by atoms with Gasteiger partial charge < -0.3 is 10.2 Å². The van der Waals surface area contributed by atoms with Crippen LogP contribution >= 0.6 is 0 Å². The largest absolute Gasteiger partial charge is 0.347 e. The van der Waals surface area contributed by atoms with E-state index in [1.165, 1.54) is 0 Å². The van der Waals surface area contributed by atoms with Crippen LogP contribution in [-0.4, -0.2) is 4.90 Å². The monoisotopic (exact) mass is 136 g/mol. The van der Waals surface area contributed by atoms with Gasteiger partial charge in [-0.05, 0) is 19.9 Å². The highest BCUT2D eigenvalue weighted by molar-refractivity contribution is 5.15. The number of hydrogen-bond acceptors (Lipinski definition) is 2. The molecule has 1 rings (SSSR count). The minimum Gasteiger partial charge on any atom is -0.347 e. The summed E-state index contributed by atoms with van der Waals surface area (Å²) in [5.41, 5.74) is 0. The fourth-order valence-electron chi connectivity index (χ4n) is 0.881.